The van der Waals surface area contributed by atoms with Gasteiger partial charge in [0.15, 0.2) is 0 Å². The van der Waals surface area contributed by atoms with Gasteiger partial charge < -0.3 is 15.2 Å². The molecule has 4 heteroatoms. The first-order chi connectivity index (χ1) is 10.2. The SMILES string of the molecule is CN(C)c1ccccc1NCc1[nH]c2ccccc2c1Cl. The molecule has 1 heterocycles. The van der Waals surface area contributed by atoms with Crippen LogP contribution in [0.4, 0.5) is 11.4 Å². The quantitative estimate of drug-likeness (QED) is 0.743. The lowest BCUT2D eigenvalue weighted by Gasteiger charge is -2.18. The second-order valence-corrected chi connectivity index (χ2v) is 5.61. The zero-order valence-electron chi connectivity index (χ0n) is 12.2. The molecule has 0 amide bonds. The van der Waals surface area contributed by atoms with E-state index in [1.165, 1.54) is 0 Å². The van der Waals surface area contributed by atoms with Crippen LogP contribution in [0.15, 0.2) is 48.5 Å². The molecular weight excluding hydrogens is 282 g/mol. The molecule has 3 aromatic rings. The molecule has 0 aliphatic heterocycles. The predicted molar refractivity (Wildman–Crippen MR) is 91.4 cm³/mol. The van der Waals surface area contributed by atoms with Gasteiger partial charge in [-0.1, -0.05) is 41.9 Å². The lowest BCUT2D eigenvalue weighted by Crippen LogP contribution is -2.12. The van der Waals surface area contributed by atoms with E-state index in [2.05, 4.69) is 27.3 Å². The number of hydrogen-bond acceptors (Lipinski definition) is 2. The topological polar surface area (TPSA) is 31.1 Å². The maximum absolute atomic E-state index is 6.44. The first-order valence-electron chi connectivity index (χ1n) is 6.92. The third kappa shape index (κ3) is 2.69. The van der Waals surface area contributed by atoms with Crippen LogP contribution in [0.3, 0.4) is 0 Å². The molecule has 0 unspecified atom stereocenters. The van der Waals surface area contributed by atoms with Crippen LogP contribution in [0.5, 0.6) is 0 Å². The minimum absolute atomic E-state index is 0.665. The van der Waals surface area contributed by atoms with Crippen molar-refractivity contribution >= 4 is 33.9 Å². The van der Waals surface area contributed by atoms with Gasteiger partial charge in [-0.3, -0.25) is 0 Å². The van der Waals surface area contributed by atoms with E-state index in [0.29, 0.717) is 6.54 Å². The Morgan fingerprint density at radius 2 is 1.76 bits per heavy atom. The minimum Gasteiger partial charge on any atom is -0.378 e. The molecule has 0 saturated heterocycles. The summed E-state index contributed by atoms with van der Waals surface area (Å²) in [4.78, 5) is 5.47. The van der Waals surface area contributed by atoms with E-state index in [-0.39, 0.29) is 0 Å². The second-order valence-electron chi connectivity index (χ2n) is 5.23. The number of aromatic amines is 1. The number of benzene rings is 2. The highest BCUT2D eigenvalue weighted by atomic mass is 35.5. The first-order valence-corrected chi connectivity index (χ1v) is 7.30. The Labute approximate surface area is 129 Å². The molecule has 108 valence electrons. The van der Waals surface area contributed by atoms with Gasteiger partial charge in [0, 0.05) is 25.0 Å². The van der Waals surface area contributed by atoms with Gasteiger partial charge in [-0.25, -0.2) is 0 Å². The van der Waals surface area contributed by atoms with Crippen LogP contribution in [-0.4, -0.2) is 19.1 Å². The molecule has 0 fully saturated rings. The summed E-state index contributed by atoms with van der Waals surface area (Å²) in [6.45, 7) is 0.665. The van der Waals surface area contributed by atoms with Crippen LogP contribution in [0.1, 0.15) is 5.69 Å². The molecule has 0 bridgehead atoms. The van der Waals surface area contributed by atoms with E-state index in [1.54, 1.807) is 0 Å². The van der Waals surface area contributed by atoms with Crippen LogP contribution in [-0.2, 0) is 6.54 Å². The lowest BCUT2D eigenvalue weighted by molar-refractivity contribution is 1.07. The molecular formula is C17H18ClN3. The summed E-state index contributed by atoms with van der Waals surface area (Å²) >= 11 is 6.44. The van der Waals surface area contributed by atoms with E-state index in [4.69, 9.17) is 11.6 Å². The van der Waals surface area contributed by atoms with Crippen LogP contribution in [0, 0.1) is 0 Å². The van der Waals surface area contributed by atoms with Gasteiger partial charge in [-0.2, -0.15) is 0 Å². The van der Waals surface area contributed by atoms with Crippen molar-refractivity contribution in [2.75, 3.05) is 24.3 Å². The van der Waals surface area contributed by atoms with Gasteiger partial charge in [0.05, 0.1) is 28.6 Å². The highest BCUT2D eigenvalue weighted by Gasteiger charge is 2.09. The summed E-state index contributed by atoms with van der Waals surface area (Å²) in [7, 11) is 4.08. The fourth-order valence-electron chi connectivity index (χ4n) is 2.48. The lowest BCUT2D eigenvalue weighted by atomic mass is 10.2. The van der Waals surface area contributed by atoms with E-state index < -0.39 is 0 Å². The van der Waals surface area contributed by atoms with Crippen molar-refractivity contribution < 1.29 is 0 Å². The summed E-state index contributed by atoms with van der Waals surface area (Å²) in [6.07, 6.45) is 0. The number of nitrogens with one attached hydrogen (secondary N) is 2. The Hall–Kier alpha value is -2.13. The Morgan fingerprint density at radius 1 is 1.05 bits per heavy atom. The van der Waals surface area contributed by atoms with Crippen molar-refractivity contribution in [2.45, 2.75) is 6.54 Å². The number of para-hydroxylation sites is 3. The minimum atomic E-state index is 0.665. The largest absolute Gasteiger partial charge is 0.378 e. The van der Waals surface area contributed by atoms with Crippen molar-refractivity contribution in [3.8, 4) is 0 Å². The maximum Gasteiger partial charge on any atom is 0.0710 e. The third-order valence-corrected chi connectivity index (χ3v) is 3.99. The highest BCUT2D eigenvalue weighted by Crippen LogP contribution is 2.29. The van der Waals surface area contributed by atoms with E-state index in [9.17, 15) is 0 Å². The standard InChI is InChI=1S/C17H18ClN3/c1-21(2)16-10-6-5-9-14(16)19-11-15-17(18)12-7-3-4-8-13(12)20-15/h3-10,19-20H,11H2,1-2H3. The van der Waals surface area contributed by atoms with Gasteiger partial charge >= 0.3 is 0 Å². The third-order valence-electron chi connectivity index (χ3n) is 3.56. The van der Waals surface area contributed by atoms with Crippen LogP contribution < -0.4 is 10.2 Å². The number of rotatable bonds is 4. The molecule has 0 spiro atoms. The number of anilines is 2. The summed E-state index contributed by atoms with van der Waals surface area (Å²) in [5, 5.41) is 5.31. The van der Waals surface area contributed by atoms with Gasteiger partial charge in [-0.15, -0.1) is 0 Å². The van der Waals surface area contributed by atoms with Crippen molar-refractivity contribution in [2.24, 2.45) is 0 Å². The van der Waals surface area contributed by atoms with Gasteiger partial charge in [0.2, 0.25) is 0 Å². The molecule has 0 saturated carbocycles. The Balaban J connectivity index is 1.85. The molecule has 21 heavy (non-hydrogen) atoms. The van der Waals surface area contributed by atoms with Crippen LogP contribution in [0.25, 0.3) is 10.9 Å². The van der Waals surface area contributed by atoms with Crippen molar-refractivity contribution in [3.63, 3.8) is 0 Å². The second kappa shape index (κ2) is 5.70. The van der Waals surface area contributed by atoms with Crippen molar-refractivity contribution in [1.29, 1.82) is 0 Å². The summed E-state index contributed by atoms with van der Waals surface area (Å²) in [5.74, 6) is 0. The Bertz CT molecular complexity index is 762. The number of nitrogens with zero attached hydrogens (tertiary/aromatic N) is 1. The normalized spacial score (nSPS) is 10.8. The molecule has 2 N–H and O–H groups in total. The fraction of sp³-hybridized carbons (Fsp3) is 0.176. The average Bonchev–Trinajstić information content (AvgIpc) is 2.82. The molecule has 0 radical (unpaired) electrons. The number of hydrogen-bond donors (Lipinski definition) is 2. The van der Waals surface area contributed by atoms with Crippen LogP contribution in [0.2, 0.25) is 5.02 Å². The van der Waals surface area contributed by atoms with Crippen molar-refractivity contribution in [1.82, 2.24) is 4.98 Å². The number of halogens is 1. The van der Waals surface area contributed by atoms with Gasteiger partial charge in [-0.05, 0) is 18.2 Å². The van der Waals surface area contributed by atoms with Gasteiger partial charge in [0.25, 0.3) is 0 Å². The summed E-state index contributed by atoms with van der Waals surface area (Å²) in [6, 6.07) is 16.3. The van der Waals surface area contributed by atoms with Crippen molar-refractivity contribution in [3.05, 3.63) is 59.2 Å². The van der Waals surface area contributed by atoms with Gasteiger partial charge in [0.1, 0.15) is 0 Å². The van der Waals surface area contributed by atoms with E-state index in [0.717, 1.165) is 33.0 Å². The Kier molecular flexibility index (Phi) is 3.76. The van der Waals surface area contributed by atoms with E-state index in [1.807, 2.05) is 50.5 Å². The molecule has 2 aromatic carbocycles. The maximum atomic E-state index is 6.44. The Morgan fingerprint density at radius 3 is 2.52 bits per heavy atom. The first kappa shape index (κ1) is 13.8. The molecule has 3 nitrogen and oxygen atoms in total. The molecule has 0 atom stereocenters. The predicted octanol–water partition coefficient (Wildman–Crippen LogP) is 4.50. The zero-order valence-corrected chi connectivity index (χ0v) is 12.9. The molecule has 1 aromatic heterocycles. The number of H-pyrrole nitrogens is 1. The highest BCUT2D eigenvalue weighted by molar-refractivity contribution is 6.36. The smallest absolute Gasteiger partial charge is 0.0710 e. The average molecular weight is 300 g/mol. The van der Waals surface area contributed by atoms with Crippen LogP contribution >= 0.6 is 11.6 Å². The summed E-state index contributed by atoms with van der Waals surface area (Å²) in [5.41, 5.74) is 4.33. The fourth-order valence-corrected chi connectivity index (χ4v) is 2.76. The monoisotopic (exact) mass is 299 g/mol. The zero-order chi connectivity index (χ0) is 14.8. The molecule has 3 rings (SSSR count). The number of aromatic nitrogens is 1. The molecule has 0 aliphatic carbocycles. The number of fused-ring (bicyclic) bond motifs is 1. The molecule has 0 aliphatic rings. The summed E-state index contributed by atoms with van der Waals surface area (Å²) < 4.78 is 0. The van der Waals surface area contributed by atoms with E-state index >= 15 is 0 Å².